The number of benzene rings is 3. The van der Waals surface area contributed by atoms with E-state index in [0.717, 1.165) is 32.5 Å². The number of carbonyl (C=O) groups excluding carboxylic acids is 1. The van der Waals surface area contributed by atoms with Gasteiger partial charge in [-0.2, -0.15) is 5.10 Å². The molecule has 0 aliphatic rings. The van der Waals surface area contributed by atoms with Crippen molar-refractivity contribution in [3.8, 4) is 22.9 Å². The first kappa shape index (κ1) is 31.5. The van der Waals surface area contributed by atoms with Gasteiger partial charge in [-0.15, -0.1) is 0 Å². The minimum atomic E-state index is -4.33. The van der Waals surface area contributed by atoms with Crippen LogP contribution in [0.2, 0.25) is 5.02 Å². The predicted molar refractivity (Wildman–Crippen MR) is 168 cm³/mol. The molecule has 0 saturated carbocycles. The van der Waals surface area contributed by atoms with Gasteiger partial charge in [0.1, 0.15) is 12.3 Å². The molecule has 1 aromatic heterocycles. The molecular formula is C31H33ClN4O6S. The fraction of sp³-hybridized carbons (Fsp3) is 0.226. The van der Waals surface area contributed by atoms with Crippen LogP contribution < -0.4 is 23.9 Å². The number of rotatable bonds is 11. The van der Waals surface area contributed by atoms with Gasteiger partial charge in [-0.05, 0) is 74.9 Å². The topological polar surface area (TPSA) is 111 Å². The first-order chi connectivity index (χ1) is 20.5. The summed E-state index contributed by atoms with van der Waals surface area (Å²) in [6, 6.07) is 18.7. The molecular weight excluding hydrogens is 592 g/mol. The summed E-state index contributed by atoms with van der Waals surface area (Å²) in [4.78, 5) is 13.0. The molecule has 0 unspecified atom stereocenters. The molecule has 4 aromatic rings. The van der Waals surface area contributed by atoms with Gasteiger partial charge in [0, 0.05) is 33.7 Å². The first-order valence-corrected chi connectivity index (χ1v) is 15.0. The highest BCUT2D eigenvalue weighted by Crippen LogP contribution is 2.37. The van der Waals surface area contributed by atoms with E-state index in [1.54, 1.807) is 6.07 Å². The highest BCUT2D eigenvalue weighted by molar-refractivity contribution is 7.92. The fourth-order valence-electron chi connectivity index (χ4n) is 4.68. The van der Waals surface area contributed by atoms with Crippen LogP contribution in [0.5, 0.6) is 17.2 Å². The number of hydrogen-bond donors (Lipinski definition) is 1. The highest BCUT2D eigenvalue weighted by Gasteiger charge is 2.30. The number of amides is 1. The fourth-order valence-corrected chi connectivity index (χ4v) is 6.29. The number of sulfonamides is 1. The number of aryl methyl sites for hydroxylation is 2. The van der Waals surface area contributed by atoms with Crippen LogP contribution in [-0.4, -0.2) is 53.0 Å². The Bertz CT molecular complexity index is 1790. The Labute approximate surface area is 256 Å². The molecule has 12 heteroatoms. The zero-order valence-corrected chi connectivity index (χ0v) is 26.3. The number of aromatic nitrogens is 1. The van der Waals surface area contributed by atoms with Gasteiger partial charge in [0.05, 0.1) is 38.1 Å². The van der Waals surface area contributed by atoms with E-state index < -0.39 is 22.5 Å². The van der Waals surface area contributed by atoms with E-state index in [-0.39, 0.29) is 27.1 Å². The van der Waals surface area contributed by atoms with E-state index in [2.05, 4.69) is 21.2 Å². The van der Waals surface area contributed by atoms with Crippen molar-refractivity contribution in [2.24, 2.45) is 5.10 Å². The van der Waals surface area contributed by atoms with Gasteiger partial charge in [0.15, 0.2) is 11.5 Å². The third-order valence-electron chi connectivity index (χ3n) is 6.76. The highest BCUT2D eigenvalue weighted by atomic mass is 35.5. The number of nitrogens with one attached hydrogen (secondary N) is 1. The number of anilines is 1. The molecule has 0 aliphatic heterocycles. The summed E-state index contributed by atoms with van der Waals surface area (Å²) in [7, 11) is -0.0957. The Morgan fingerprint density at radius 3 is 2.30 bits per heavy atom. The molecule has 1 heterocycles. The second-order valence-corrected chi connectivity index (χ2v) is 11.9. The summed E-state index contributed by atoms with van der Waals surface area (Å²) < 4.78 is 46.9. The number of hydrogen-bond acceptors (Lipinski definition) is 7. The monoisotopic (exact) mass is 624 g/mol. The van der Waals surface area contributed by atoms with Crippen LogP contribution >= 0.6 is 11.6 Å². The van der Waals surface area contributed by atoms with Crippen molar-refractivity contribution in [2.45, 2.75) is 25.7 Å². The number of carbonyl (C=O) groups is 1. The quantitative estimate of drug-likeness (QED) is 0.176. The van der Waals surface area contributed by atoms with Crippen LogP contribution in [-0.2, 0) is 14.8 Å². The van der Waals surface area contributed by atoms with Crippen molar-refractivity contribution in [3.05, 3.63) is 94.3 Å². The number of nitrogens with zero attached hydrogens (tertiary/aromatic N) is 3. The number of methoxy groups -OCH3 is 3. The average Bonchev–Trinajstić information content (AvgIpc) is 3.27. The Morgan fingerprint density at radius 2 is 1.63 bits per heavy atom. The van der Waals surface area contributed by atoms with E-state index in [9.17, 15) is 13.2 Å². The van der Waals surface area contributed by atoms with Crippen molar-refractivity contribution < 1.29 is 27.4 Å². The lowest BCUT2D eigenvalue weighted by Crippen LogP contribution is -2.39. The van der Waals surface area contributed by atoms with E-state index in [1.165, 1.54) is 57.9 Å². The van der Waals surface area contributed by atoms with Gasteiger partial charge in [0.2, 0.25) is 0 Å². The molecule has 0 aliphatic carbocycles. The van der Waals surface area contributed by atoms with E-state index in [4.69, 9.17) is 25.8 Å². The van der Waals surface area contributed by atoms with Gasteiger partial charge in [-0.25, -0.2) is 13.8 Å². The maximum Gasteiger partial charge on any atom is 0.265 e. The third kappa shape index (κ3) is 6.79. The predicted octanol–water partition coefficient (Wildman–Crippen LogP) is 5.43. The normalized spacial score (nSPS) is 11.4. The molecule has 226 valence electrons. The molecule has 1 N–H and O–H groups in total. The van der Waals surface area contributed by atoms with Crippen molar-refractivity contribution in [2.75, 3.05) is 32.2 Å². The average molecular weight is 625 g/mol. The van der Waals surface area contributed by atoms with Gasteiger partial charge in [-0.1, -0.05) is 23.7 Å². The maximum atomic E-state index is 14.0. The Balaban J connectivity index is 1.64. The Kier molecular flexibility index (Phi) is 9.67. The lowest BCUT2D eigenvalue weighted by Gasteiger charge is -2.25. The molecule has 0 fully saturated rings. The molecule has 0 saturated heterocycles. The summed E-state index contributed by atoms with van der Waals surface area (Å²) in [5, 5.41) is 4.38. The zero-order chi connectivity index (χ0) is 31.3. The Morgan fingerprint density at radius 1 is 0.930 bits per heavy atom. The van der Waals surface area contributed by atoms with Crippen LogP contribution in [0.4, 0.5) is 5.69 Å². The van der Waals surface area contributed by atoms with Crippen LogP contribution in [0.3, 0.4) is 0 Å². The Hall–Kier alpha value is -4.48. The first-order valence-electron chi connectivity index (χ1n) is 13.2. The SMILES string of the molecule is COc1ccc(S(=O)(=O)N(CC(=O)N/N=C\c2cc(C)n(-c3cccc(C)c3)c2C)c2cc(Cl)ccc2OC)cc1OC. The van der Waals surface area contributed by atoms with Gasteiger partial charge < -0.3 is 18.8 Å². The van der Waals surface area contributed by atoms with Crippen molar-refractivity contribution in [1.82, 2.24) is 9.99 Å². The lowest BCUT2D eigenvalue weighted by atomic mass is 10.2. The van der Waals surface area contributed by atoms with Gasteiger partial charge in [0.25, 0.3) is 15.9 Å². The van der Waals surface area contributed by atoms with E-state index >= 15 is 0 Å². The van der Waals surface area contributed by atoms with Crippen molar-refractivity contribution >= 4 is 39.4 Å². The lowest BCUT2D eigenvalue weighted by molar-refractivity contribution is -0.119. The molecule has 1 amide bonds. The van der Waals surface area contributed by atoms with E-state index in [0.29, 0.717) is 5.75 Å². The smallest absolute Gasteiger partial charge is 0.265 e. The minimum absolute atomic E-state index is 0.0746. The largest absolute Gasteiger partial charge is 0.495 e. The summed E-state index contributed by atoms with van der Waals surface area (Å²) in [6.45, 7) is 5.36. The summed E-state index contributed by atoms with van der Waals surface area (Å²) >= 11 is 6.23. The summed E-state index contributed by atoms with van der Waals surface area (Å²) in [6.07, 6.45) is 1.53. The second-order valence-electron chi connectivity index (χ2n) is 9.64. The van der Waals surface area contributed by atoms with Crippen LogP contribution in [0.1, 0.15) is 22.5 Å². The van der Waals surface area contributed by atoms with Crippen LogP contribution in [0.25, 0.3) is 5.69 Å². The van der Waals surface area contributed by atoms with Crippen molar-refractivity contribution in [3.63, 3.8) is 0 Å². The van der Waals surface area contributed by atoms with E-state index in [1.807, 2.05) is 45.0 Å². The third-order valence-corrected chi connectivity index (χ3v) is 8.75. The van der Waals surface area contributed by atoms with Crippen LogP contribution in [0, 0.1) is 20.8 Å². The van der Waals surface area contributed by atoms with Crippen molar-refractivity contribution in [1.29, 1.82) is 0 Å². The molecule has 0 radical (unpaired) electrons. The molecule has 0 atom stereocenters. The number of halogens is 1. The molecule has 43 heavy (non-hydrogen) atoms. The molecule has 3 aromatic carbocycles. The molecule has 4 rings (SSSR count). The number of ether oxygens (including phenoxy) is 3. The van der Waals surface area contributed by atoms with Crippen LogP contribution in [0.15, 0.2) is 76.7 Å². The molecule has 0 bridgehead atoms. The van der Waals surface area contributed by atoms with Gasteiger partial charge in [-0.3, -0.25) is 9.10 Å². The second kappa shape index (κ2) is 13.2. The molecule has 10 nitrogen and oxygen atoms in total. The summed E-state index contributed by atoms with van der Waals surface area (Å²) in [5.74, 6) is 0.0734. The standard InChI is InChI=1S/C31H33ClN4O6S/c1-20-8-7-9-25(14-20)36-21(2)15-23(22(36)3)18-33-34-31(37)19-35(27-16-24(32)10-12-28(27)40-4)43(38,39)26-11-13-29(41-5)30(17-26)42-6/h7-18H,19H2,1-6H3,(H,34,37)/b33-18-. The maximum absolute atomic E-state index is 14.0. The zero-order valence-electron chi connectivity index (χ0n) is 24.7. The summed E-state index contributed by atoms with van der Waals surface area (Å²) in [5.41, 5.74) is 7.40. The minimum Gasteiger partial charge on any atom is -0.495 e. The molecule has 0 spiro atoms. The number of hydrazone groups is 1. The van der Waals surface area contributed by atoms with Gasteiger partial charge >= 0.3 is 0 Å².